The summed E-state index contributed by atoms with van der Waals surface area (Å²) in [6.45, 7) is 5.32. The molecule has 1 rings (SSSR count). The Bertz CT molecular complexity index is 452. The average Bonchev–Trinajstić information content (AvgIpc) is 2.25. The first-order chi connectivity index (χ1) is 8.31. The molecule has 0 N–H and O–H groups in total. The van der Waals surface area contributed by atoms with Crippen LogP contribution in [0.1, 0.15) is 31.1 Å². The van der Waals surface area contributed by atoms with Gasteiger partial charge in [0.15, 0.2) is 0 Å². The summed E-state index contributed by atoms with van der Waals surface area (Å²) in [5, 5.41) is 0. The molecule has 0 amide bonds. The Kier molecular flexibility index (Phi) is 4.90. The van der Waals surface area contributed by atoms with E-state index in [4.69, 9.17) is 4.74 Å². The highest BCUT2D eigenvalue weighted by atomic mass is 32.2. The van der Waals surface area contributed by atoms with E-state index < -0.39 is 17.4 Å². The second-order valence-corrected chi connectivity index (χ2v) is 5.70. The molecule has 0 heterocycles. The van der Waals surface area contributed by atoms with Crippen molar-refractivity contribution in [1.29, 1.82) is 0 Å². The zero-order chi connectivity index (χ0) is 13.8. The molecule has 18 heavy (non-hydrogen) atoms. The molecule has 0 atom stereocenters. The van der Waals surface area contributed by atoms with Gasteiger partial charge in [0.05, 0.1) is 5.75 Å². The molecule has 5 heteroatoms. The zero-order valence-electron chi connectivity index (χ0n) is 10.5. The lowest BCUT2D eigenvalue weighted by Gasteiger charge is -2.19. The number of esters is 1. The van der Waals surface area contributed by atoms with Crippen LogP contribution in [0.5, 0.6) is 0 Å². The molecule has 0 bridgehead atoms. The first kappa shape index (κ1) is 14.7. The van der Waals surface area contributed by atoms with Gasteiger partial charge in [0.25, 0.3) is 0 Å². The van der Waals surface area contributed by atoms with E-state index in [0.717, 1.165) is 17.8 Å². The zero-order valence-corrected chi connectivity index (χ0v) is 11.3. The minimum atomic E-state index is -0.544. The Morgan fingerprint density at radius 2 is 2.11 bits per heavy atom. The maximum atomic E-state index is 13.5. The minimum absolute atomic E-state index is 0.0363. The first-order valence-electron chi connectivity index (χ1n) is 5.41. The fraction of sp³-hybridized carbons (Fsp3) is 0.385. The van der Waals surface area contributed by atoms with E-state index in [2.05, 4.69) is 0 Å². The predicted molar refractivity (Wildman–Crippen MR) is 68.4 cm³/mol. The summed E-state index contributed by atoms with van der Waals surface area (Å²) in [6.07, 6.45) is 0.575. The molecule has 0 aliphatic rings. The second-order valence-electron chi connectivity index (χ2n) is 4.68. The van der Waals surface area contributed by atoms with Crippen LogP contribution in [0, 0.1) is 5.82 Å². The molecule has 0 fully saturated rings. The largest absolute Gasteiger partial charge is 0.459 e. The van der Waals surface area contributed by atoms with E-state index in [9.17, 15) is 14.0 Å². The van der Waals surface area contributed by atoms with Crippen molar-refractivity contribution in [2.75, 3.05) is 5.75 Å². The summed E-state index contributed by atoms with van der Waals surface area (Å²) < 4.78 is 18.6. The van der Waals surface area contributed by atoms with Crippen molar-refractivity contribution >= 4 is 24.0 Å². The van der Waals surface area contributed by atoms with E-state index in [1.807, 2.05) is 0 Å². The van der Waals surface area contributed by atoms with Gasteiger partial charge in [0, 0.05) is 10.5 Å². The van der Waals surface area contributed by atoms with Crippen LogP contribution in [-0.4, -0.2) is 23.6 Å². The van der Waals surface area contributed by atoms with Crippen molar-refractivity contribution in [2.45, 2.75) is 31.3 Å². The number of aldehydes is 1. The number of ether oxygens (including phenoxy) is 1. The molecule has 0 spiro atoms. The van der Waals surface area contributed by atoms with Crippen LogP contribution in [0.3, 0.4) is 0 Å². The van der Waals surface area contributed by atoms with E-state index in [1.54, 1.807) is 20.8 Å². The summed E-state index contributed by atoms with van der Waals surface area (Å²) in [6, 6.07) is 4.13. The quantitative estimate of drug-likeness (QED) is 0.479. The van der Waals surface area contributed by atoms with Crippen LogP contribution >= 0.6 is 11.8 Å². The molecule has 0 saturated heterocycles. The fourth-order valence-electron chi connectivity index (χ4n) is 1.22. The molecule has 0 unspecified atom stereocenters. The van der Waals surface area contributed by atoms with Crippen molar-refractivity contribution in [3.05, 3.63) is 29.6 Å². The number of benzene rings is 1. The SMILES string of the molecule is CC(C)(C)OC(=O)CSc1ccc(C=O)cc1F. The van der Waals surface area contributed by atoms with Gasteiger partial charge in [0.1, 0.15) is 17.7 Å². The molecule has 0 radical (unpaired) electrons. The Labute approximate surface area is 110 Å². The molecule has 98 valence electrons. The molecular formula is C13H15FO3S. The minimum Gasteiger partial charge on any atom is -0.459 e. The second kappa shape index (κ2) is 6.00. The number of carbonyl (C=O) groups is 2. The number of hydrogen-bond acceptors (Lipinski definition) is 4. The van der Waals surface area contributed by atoms with Gasteiger partial charge in [-0.3, -0.25) is 9.59 Å². The van der Waals surface area contributed by atoms with E-state index >= 15 is 0 Å². The monoisotopic (exact) mass is 270 g/mol. The van der Waals surface area contributed by atoms with Crippen LogP contribution in [0.2, 0.25) is 0 Å². The van der Waals surface area contributed by atoms with Crippen molar-refractivity contribution in [2.24, 2.45) is 0 Å². The number of thioether (sulfide) groups is 1. The average molecular weight is 270 g/mol. The number of rotatable bonds is 4. The highest BCUT2D eigenvalue weighted by Crippen LogP contribution is 2.23. The lowest BCUT2D eigenvalue weighted by Crippen LogP contribution is -2.24. The van der Waals surface area contributed by atoms with Gasteiger partial charge in [0.2, 0.25) is 0 Å². The lowest BCUT2D eigenvalue weighted by molar-refractivity contribution is -0.151. The number of carbonyl (C=O) groups excluding carboxylic acids is 2. The van der Waals surface area contributed by atoms with Gasteiger partial charge >= 0.3 is 5.97 Å². The van der Waals surface area contributed by atoms with Gasteiger partial charge in [-0.2, -0.15) is 0 Å². The van der Waals surface area contributed by atoms with Gasteiger partial charge in [-0.25, -0.2) is 4.39 Å². The molecule has 0 aliphatic heterocycles. The number of halogens is 1. The van der Waals surface area contributed by atoms with Crippen LogP contribution < -0.4 is 0 Å². The summed E-state index contributed by atoms with van der Waals surface area (Å²) in [4.78, 5) is 22.2. The Morgan fingerprint density at radius 3 is 2.61 bits per heavy atom. The summed E-state index contributed by atoms with van der Waals surface area (Å²) in [5.74, 6) is -0.867. The van der Waals surface area contributed by atoms with Crippen molar-refractivity contribution in [3.63, 3.8) is 0 Å². The standard InChI is InChI=1S/C13H15FO3S/c1-13(2,3)17-12(16)8-18-11-5-4-9(7-15)6-10(11)14/h4-7H,8H2,1-3H3. The van der Waals surface area contributed by atoms with Crippen LogP contribution in [0.25, 0.3) is 0 Å². The summed E-state index contributed by atoms with van der Waals surface area (Å²) >= 11 is 1.05. The topological polar surface area (TPSA) is 43.4 Å². The van der Waals surface area contributed by atoms with E-state index in [-0.39, 0.29) is 11.3 Å². The summed E-state index contributed by atoms with van der Waals surface area (Å²) in [5.41, 5.74) is -0.272. The van der Waals surface area contributed by atoms with Crippen LogP contribution in [0.15, 0.2) is 23.1 Å². The normalized spacial score (nSPS) is 11.1. The van der Waals surface area contributed by atoms with Crippen LogP contribution in [-0.2, 0) is 9.53 Å². The van der Waals surface area contributed by atoms with Crippen molar-refractivity contribution in [3.8, 4) is 0 Å². The maximum absolute atomic E-state index is 13.5. The third kappa shape index (κ3) is 4.87. The molecule has 1 aromatic carbocycles. The molecule has 0 aliphatic carbocycles. The fourth-order valence-corrected chi connectivity index (χ4v) is 1.91. The first-order valence-corrected chi connectivity index (χ1v) is 6.40. The van der Waals surface area contributed by atoms with Crippen LogP contribution in [0.4, 0.5) is 4.39 Å². The van der Waals surface area contributed by atoms with Gasteiger partial charge in [-0.05, 0) is 32.9 Å². The maximum Gasteiger partial charge on any atom is 0.316 e. The van der Waals surface area contributed by atoms with Gasteiger partial charge in [-0.15, -0.1) is 11.8 Å². The number of hydrogen-bond donors (Lipinski definition) is 0. The molecule has 3 nitrogen and oxygen atoms in total. The smallest absolute Gasteiger partial charge is 0.316 e. The lowest BCUT2D eigenvalue weighted by atomic mass is 10.2. The highest BCUT2D eigenvalue weighted by Gasteiger charge is 2.16. The molecule has 1 aromatic rings. The van der Waals surface area contributed by atoms with E-state index in [0.29, 0.717) is 11.2 Å². The third-order valence-corrected chi connectivity index (χ3v) is 2.88. The molecular weight excluding hydrogens is 255 g/mol. The van der Waals surface area contributed by atoms with Gasteiger partial charge < -0.3 is 4.74 Å². The van der Waals surface area contributed by atoms with Crippen molar-refractivity contribution < 1.29 is 18.7 Å². The Morgan fingerprint density at radius 1 is 1.44 bits per heavy atom. The highest BCUT2D eigenvalue weighted by molar-refractivity contribution is 8.00. The van der Waals surface area contributed by atoms with E-state index in [1.165, 1.54) is 12.1 Å². The molecule has 0 saturated carbocycles. The predicted octanol–water partition coefficient (Wildman–Crippen LogP) is 3.07. The third-order valence-electron chi connectivity index (χ3n) is 1.86. The Balaban J connectivity index is 2.59. The summed E-state index contributed by atoms with van der Waals surface area (Å²) in [7, 11) is 0. The molecule has 0 aromatic heterocycles. The Hall–Kier alpha value is -1.36. The van der Waals surface area contributed by atoms with Gasteiger partial charge in [-0.1, -0.05) is 6.07 Å². The van der Waals surface area contributed by atoms with Crippen molar-refractivity contribution in [1.82, 2.24) is 0 Å².